The fraction of sp³-hybridized carbons (Fsp3) is 0.750. The van der Waals surface area contributed by atoms with Gasteiger partial charge in [0.05, 0.1) is 0 Å². The summed E-state index contributed by atoms with van der Waals surface area (Å²) in [4.78, 5) is 0. The lowest BCUT2D eigenvalue weighted by Crippen LogP contribution is -2.36. The van der Waals surface area contributed by atoms with Gasteiger partial charge in [-0.15, -0.1) is 0 Å². The maximum Gasteiger partial charge on any atom is 0.351 e. The van der Waals surface area contributed by atoms with Crippen LogP contribution in [0.4, 0.5) is 22.0 Å². The highest BCUT2D eigenvalue weighted by Gasteiger charge is 2.49. The molecule has 0 fully saturated rings. The summed E-state index contributed by atoms with van der Waals surface area (Å²) in [6.07, 6.45) is -7.57. The fourth-order valence-electron chi connectivity index (χ4n) is 0.197. The highest BCUT2D eigenvalue weighted by molar-refractivity contribution is 4.95. The molecule has 0 spiro atoms. The third-order valence-electron chi connectivity index (χ3n) is 0.742. The van der Waals surface area contributed by atoms with E-state index in [-0.39, 0.29) is 0 Å². The smallest absolute Gasteiger partial charge is 0.224 e. The van der Waals surface area contributed by atoms with Gasteiger partial charge in [-0.05, 0) is 0 Å². The summed E-state index contributed by atoms with van der Waals surface area (Å²) < 4.78 is 57.0. The van der Waals surface area contributed by atoms with Gasteiger partial charge in [0.15, 0.2) is 0 Å². The highest BCUT2D eigenvalue weighted by Crippen LogP contribution is 2.28. The average Bonchev–Trinajstić information content (AvgIpc) is 1.86. The van der Waals surface area contributed by atoms with Crippen LogP contribution in [0.3, 0.4) is 0 Å². The largest absolute Gasteiger partial charge is 0.351 e. The van der Waals surface area contributed by atoms with Crippen LogP contribution in [-0.4, -0.2) is 18.5 Å². The number of nitrogens with zero attached hydrogens (tertiary/aromatic N) is 1. The quantitative estimate of drug-likeness (QED) is 0.563. The maximum absolute atomic E-state index is 11.6. The van der Waals surface area contributed by atoms with Crippen LogP contribution < -0.4 is 0 Å². The lowest BCUT2D eigenvalue weighted by atomic mass is 10.2. The Morgan fingerprint density at radius 3 is 1.70 bits per heavy atom. The van der Waals surface area contributed by atoms with Gasteiger partial charge in [0.1, 0.15) is 6.07 Å². The van der Waals surface area contributed by atoms with Crippen molar-refractivity contribution in [1.82, 2.24) is 0 Å². The number of alkyl halides is 5. The SMILES string of the molecule is N#CC(F)C(F)(F)C(F)F. The minimum Gasteiger partial charge on any atom is -0.224 e. The minimum absolute atomic E-state index is 0.390. The Hall–Kier alpha value is -0.860. The number of hydrogen-bond acceptors (Lipinski definition) is 1. The van der Waals surface area contributed by atoms with E-state index in [1.54, 1.807) is 0 Å². The molecule has 0 heterocycles. The van der Waals surface area contributed by atoms with Gasteiger partial charge in [-0.3, -0.25) is 0 Å². The molecule has 6 heteroatoms. The van der Waals surface area contributed by atoms with Crippen LogP contribution in [0, 0.1) is 11.3 Å². The van der Waals surface area contributed by atoms with Gasteiger partial charge in [0.2, 0.25) is 0 Å². The molecule has 0 N–H and O–H groups in total. The van der Waals surface area contributed by atoms with Crippen molar-refractivity contribution < 1.29 is 22.0 Å². The van der Waals surface area contributed by atoms with Gasteiger partial charge in [-0.1, -0.05) is 0 Å². The molecule has 0 aliphatic rings. The van der Waals surface area contributed by atoms with Gasteiger partial charge in [-0.25, -0.2) is 13.2 Å². The van der Waals surface area contributed by atoms with Gasteiger partial charge in [0.25, 0.3) is 6.17 Å². The predicted molar refractivity (Wildman–Crippen MR) is 21.5 cm³/mol. The first-order valence-corrected chi connectivity index (χ1v) is 2.12. The van der Waals surface area contributed by atoms with E-state index in [9.17, 15) is 22.0 Å². The zero-order chi connectivity index (χ0) is 8.36. The van der Waals surface area contributed by atoms with Gasteiger partial charge < -0.3 is 0 Å². The molecule has 0 aromatic heterocycles. The second kappa shape index (κ2) is 2.82. The molecule has 0 amide bonds. The Kier molecular flexibility index (Phi) is 2.57. The summed E-state index contributed by atoms with van der Waals surface area (Å²) in [6, 6.07) is 0.390. The summed E-state index contributed by atoms with van der Waals surface area (Å²) >= 11 is 0. The molecule has 0 saturated carbocycles. The first kappa shape index (κ1) is 9.14. The van der Waals surface area contributed by atoms with Gasteiger partial charge in [0, 0.05) is 0 Å². The van der Waals surface area contributed by atoms with Crippen molar-refractivity contribution in [2.75, 3.05) is 0 Å². The lowest BCUT2D eigenvalue weighted by Gasteiger charge is -2.13. The molecular weight excluding hydrogens is 157 g/mol. The Morgan fingerprint density at radius 1 is 1.20 bits per heavy atom. The lowest BCUT2D eigenvalue weighted by molar-refractivity contribution is -0.156. The Bertz CT molecular complexity index is 148. The molecule has 1 atom stereocenters. The van der Waals surface area contributed by atoms with Crippen LogP contribution >= 0.6 is 0 Å². The topological polar surface area (TPSA) is 23.8 Å². The Morgan fingerprint density at radius 2 is 1.60 bits per heavy atom. The van der Waals surface area contributed by atoms with E-state index >= 15 is 0 Å². The minimum atomic E-state index is -4.85. The molecule has 10 heavy (non-hydrogen) atoms. The van der Waals surface area contributed by atoms with E-state index in [4.69, 9.17) is 5.26 Å². The molecule has 1 unspecified atom stereocenters. The van der Waals surface area contributed by atoms with Crippen molar-refractivity contribution in [1.29, 1.82) is 5.26 Å². The molecule has 0 aromatic carbocycles. The van der Waals surface area contributed by atoms with E-state index in [1.165, 1.54) is 0 Å². The summed E-state index contributed by atoms with van der Waals surface area (Å²) in [6.45, 7) is 0. The molecule has 0 radical (unpaired) electrons. The van der Waals surface area contributed by atoms with Gasteiger partial charge >= 0.3 is 12.3 Å². The summed E-state index contributed by atoms with van der Waals surface area (Å²) in [5.41, 5.74) is 0. The number of halogens is 5. The Labute approximate surface area is 53.1 Å². The molecule has 1 nitrogen and oxygen atoms in total. The zero-order valence-electron chi connectivity index (χ0n) is 4.49. The standard InChI is InChI=1S/C4H2F5N/c5-2(1-10)4(8,9)3(6)7/h2-3H. The number of rotatable bonds is 2. The fourth-order valence-corrected chi connectivity index (χ4v) is 0.197. The first-order chi connectivity index (χ1) is 4.42. The van der Waals surface area contributed by atoms with Crippen LogP contribution in [0.15, 0.2) is 0 Å². The molecule has 0 aliphatic carbocycles. The molecule has 0 rings (SSSR count). The first-order valence-electron chi connectivity index (χ1n) is 2.12. The molecule has 0 saturated heterocycles. The third kappa shape index (κ3) is 1.56. The highest BCUT2D eigenvalue weighted by atomic mass is 19.3. The maximum atomic E-state index is 11.6. The van der Waals surface area contributed by atoms with Crippen molar-refractivity contribution in [3.8, 4) is 6.07 Å². The summed E-state index contributed by atoms with van der Waals surface area (Å²) in [5, 5.41) is 7.48. The van der Waals surface area contributed by atoms with Crippen molar-refractivity contribution in [3.05, 3.63) is 0 Å². The van der Waals surface area contributed by atoms with Crippen LogP contribution in [0.2, 0.25) is 0 Å². The molecule has 0 aliphatic heterocycles. The molecule has 0 bridgehead atoms. The number of hydrogen-bond donors (Lipinski definition) is 0. The van der Waals surface area contributed by atoms with Crippen LogP contribution in [-0.2, 0) is 0 Å². The second-order valence-corrected chi connectivity index (χ2v) is 1.47. The predicted octanol–water partition coefficient (Wildman–Crippen LogP) is 1.75. The zero-order valence-corrected chi connectivity index (χ0v) is 4.49. The van der Waals surface area contributed by atoms with E-state index in [0.29, 0.717) is 6.07 Å². The van der Waals surface area contributed by atoms with Crippen LogP contribution in [0.5, 0.6) is 0 Å². The monoisotopic (exact) mass is 159 g/mol. The second-order valence-electron chi connectivity index (χ2n) is 1.47. The van der Waals surface area contributed by atoms with E-state index in [0.717, 1.165) is 0 Å². The van der Waals surface area contributed by atoms with E-state index in [2.05, 4.69) is 0 Å². The molecule has 0 aromatic rings. The van der Waals surface area contributed by atoms with Crippen molar-refractivity contribution in [2.45, 2.75) is 18.5 Å². The van der Waals surface area contributed by atoms with Crippen molar-refractivity contribution in [2.24, 2.45) is 0 Å². The normalized spacial score (nSPS) is 14.9. The average molecular weight is 159 g/mol. The Balaban J connectivity index is 4.27. The van der Waals surface area contributed by atoms with Crippen molar-refractivity contribution >= 4 is 0 Å². The third-order valence-corrected chi connectivity index (χ3v) is 0.742. The van der Waals surface area contributed by atoms with E-state index in [1.807, 2.05) is 0 Å². The number of nitriles is 1. The van der Waals surface area contributed by atoms with Gasteiger partial charge in [-0.2, -0.15) is 14.0 Å². The summed E-state index contributed by atoms with van der Waals surface area (Å²) in [5.74, 6) is -4.85. The van der Waals surface area contributed by atoms with Crippen LogP contribution in [0.25, 0.3) is 0 Å². The van der Waals surface area contributed by atoms with Crippen molar-refractivity contribution in [3.63, 3.8) is 0 Å². The molecular formula is C4H2F5N. The van der Waals surface area contributed by atoms with Crippen LogP contribution in [0.1, 0.15) is 0 Å². The van der Waals surface area contributed by atoms with E-state index < -0.39 is 18.5 Å². The molecule has 58 valence electrons. The summed E-state index contributed by atoms with van der Waals surface area (Å²) in [7, 11) is 0.